The van der Waals surface area contributed by atoms with Gasteiger partial charge in [-0.25, -0.2) is 0 Å². The Balaban J connectivity index is 1.48. The summed E-state index contributed by atoms with van der Waals surface area (Å²) in [7, 11) is -1.68. The van der Waals surface area contributed by atoms with Crippen molar-refractivity contribution < 1.29 is 14.0 Å². The molecule has 3 rings (SSSR count). The monoisotopic (exact) mass is 414 g/mol. The molecule has 1 aromatic carbocycles. The van der Waals surface area contributed by atoms with Crippen LogP contribution < -0.4 is 0 Å². The van der Waals surface area contributed by atoms with Crippen molar-refractivity contribution in [2.45, 2.75) is 77.6 Å². The van der Waals surface area contributed by atoms with Crippen LogP contribution >= 0.6 is 0 Å². The smallest absolute Gasteiger partial charge is 0.191 e. The van der Waals surface area contributed by atoms with Crippen molar-refractivity contribution in [3.8, 4) is 0 Å². The summed E-state index contributed by atoms with van der Waals surface area (Å²) in [6, 6.07) is 10.3. The van der Waals surface area contributed by atoms with Gasteiger partial charge in [-0.15, -0.1) is 0 Å². The van der Waals surface area contributed by atoms with E-state index in [0.29, 0.717) is 37.3 Å². The lowest BCUT2D eigenvalue weighted by molar-refractivity contribution is -0.115. The van der Waals surface area contributed by atoms with Crippen LogP contribution in [0.25, 0.3) is 0 Å². The second-order valence-electron chi connectivity index (χ2n) is 10.3. The Bertz CT molecular complexity index is 730. The first-order valence-corrected chi connectivity index (χ1v) is 14.1. The highest BCUT2D eigenvalue weighted by molar-refractivity contribution is 6.74. The van der Waals surface area contributed by atoms with E-state index in [1.165, 1.54) is 11.1 Å². The third-order valence-corrected chi connectivity index (χ3v) is 11.7. The van der Waals surface area contributed by atoms with Gasteiger partial charge in [-0.2, -0.15) is 0 Å². The van der Waals surface area contributed by atoms with Crippen LogP contribution in [-0.2, 0) is 20.6 Å². The van der Waals surface area contributed by atoms with Crippen molar-refractivity contribution in [1.29, 1.82) is 0 Å². The number of Topliss-reactive ketones (excluding diaryl/α,β-unsaturated/α-hetero) is 1. The molecular formula is C25H38O3Si. The summed E-state index contributed by atoms with van der Waals surface area (Å²) in [6.45, 7) is 13.6. The van der Waals surface area contributed by atoms with E-state index in [0.717, 1.165) is 37.9 Å². The molecule has 0 heterocycles. The van der Waals surface area contributed by atoms with Crippen LogP contribution in [0.5, 0.6) is 0 Å². The molecule has 0 aliphatic heterocycles. The van der Waals surface area contributed by atoms with Crippen LogP contribution in [0.4, 0.5) is 0 Å². The Kier molecular flexibility index (Phi) is 7.18. The van der Waals surface area contributed by atoms with Gasteiger partial charge in [0, 0.05) is 13.0 Å². The molecular weight excluding hydrogens is 376 g/mol. The van der Waals surface area contributed by atoms with Gasteiger partial charge in [0.05, 0.1) is 13.2 Å². The van der Waals surface area contributed by atoms with Crippen molar-refractivity contribution in [1.82, 2.24) is 0 Å². The maximum Gasteiger partial charge on any atom is 0.191 e. The lowest BCUT2D eigenvalue weighted by atomic mass is 9.94. The molecule has 0 saturated heterocycles. The minimum Gasteiger partial charge on any atom is -0.417 e. The van der Waals surface area contributed by atoms with Crippen LogP contribution in [0, 0.1) is 11.8 Å². The Morgan fingerprint density at radius 1 is 1.14 bits per heavy atom. The molecule has 1 aromatic rings. The van der Waals surface area contributed by atoms with E-state index < -0.39 is 8.32 Å². The van der Waals surface area contributed by atoms with Crippen molar-refractivity contribution in [2.75, 3.05) is 13.2 Å². The molecule has 0 N–H and O–H groups in total. The number of carbonyl (C=O) groups is 1. The van der Waals surface area contributed by atoms with Gasteiger partial charge in [-0.3, -0.25) is 4.79 Å². The first-order valence-electron chi connectivity index (χ1n) is 11.2. The molecule has 0 amide bonds. The fourth-order valence-electron chi connectivity index (χ4n) is 4.40. The average molecular weight is 415 g/mol. The first-order chi connectivity index (χ1) is 13.7. The maximum atomic E-state index is 12.7. The molecule has 0 spiro atoms. The minimum atomic E-state index is -1.68. The minimum absolute atomic E-state index is 0.252. The average Bonchev–Trinajstić information content (AvgIpc) is 3.21. The van der Waals surface area contributed by atoms with E-state index in [1.807, 2.05) is 18.2 Å². The summed E-state index contributed by atoms with van der Waals surface area (Å²) < 4.78 is 12.3. The number of carbonyl (C=O) groups excluding carboxylic acids is 1. The summed E-state index contributed by atoms with van der Waals surface area (Å²) >= 11 is 0. The number of rotatable bonds is 9. The van der Waals surface area contributed by atoms with Gasteiger partial charge in [0.25, 0.3) is 0 Å². The molecule has 0 unspecified atom stereocenters. The molecule has 0 aromatic heterocycles. The number of hydrogen-bond acceptors (Lipinski definition) is 3. The van der Waals surface area contributed by atoms with Crippen molar-refractivity contribution >= 4 is 14.1 Å². The van der Waals surface area contributed by atoms with E-state index in [-0.39, 0.29) is 5.04 Å². The Labute approximate surface area is 178 Å². The third-order valence-electron chi connectivity index (χ3n) is 7.16. The van der Waals surface area contributed by atoms with Gasteiger partial charge in [0.1, 0.15) is 0 Å². The molecule has 0 bridgehead atoms. The van der Waals surface area contributed by atoms with Gasteiger partial charge in [0.15, 0.2) is 14.1 Å². The maximum absolute atomic E-state index is 12.7. The van der Waals surface area contributed by atoms with Crippen molar-refractivity contribution in [3.05, 3.63) is 47.0 Å². The molecule has 160 valence electrons. The SMILES string of the molecule is CC(C)(C)[Si](C)(C)OCCCC1=C2C(=O)C[C@@H](COCc3ccccc3)[C@H]2CC1. The van der Waals surface area contributed by atoms with E-state index >= 15 is 0 Å². The normalized spacial score (nSPS) is 22.4. The van der Waals surface area contributed by atoms with Crippen LogP contribution in [0.15, 0.2) is 41.5 Å². The highest BCUT2D eigenvalue weighted by atomic mass is 28.4. The van der Waals surface area contributed by atoms with Crippen LogP contribution in [0.2, 0.25) is 18.1 Å². The molecule has 1 saturated carbocycles. The summed E-state index contributed by atoms with van der Waals surface area (Å²) in [4.78, 5) is 12.7. The number of hydrogen-bond donors (Lipinski definition) is 0. The van der Waals surface area contributed by atoms with E-state index in [4.69, 9.17) is 9.16 Å². The fourth-order valence-corrected chi connectivity index (χ4v) is 5.49. The quantitative estimate of drug-likeness (QED) is 0.351. The molecule has 1 fully saturated rings. The number of ether oxygens (including phenoxy) is 1. The number of allylic oxidation sites excluding steroid dienone is 2. The van der Waals surface area contributed by atoms with Gasteiger partial charge >= 0.3 is 0 Å². The first kappa shape index (κ1) is 22.5. The number of benzene rings is 1. The van der Waals surface area contributed by atoms with Gasteiger partial charge in [-0.1, -0.05) is 56.7 Å². The summed E-state index contributed by atoms with van der Waals surface area (Å²) in [5, 5.41) is 0.252. The summed E-state index contributed by atoms with van der Waals surface area (Å²) in [6.07, 6.45) is 4.92. The highest BCUT2D eigenvalue weighted by Crippen LogP contribution is 2.46. The predicted octanol–water partition coefficient (Wildman–Crippen LogP) is 6.30. The van der Waals surface area contributed by atoms with Gasteiger partial charge in [-0.05, 0) is 66.8 Å². The molecule has 0 radical (unpaired) electrons. The van der Waals surface area contributed by atoms with Crippen LogP contribution in [-0.4, -0.2) is 27.3 Å². The molecule has 2 aliphatic rings. The Hall–Kier alpha value is -1.23. The zero-order valence-electron chi connectivity index (χ0n) is 18.9. The highest BCUT2D eigenvalue weighted by Gasteiger charge is 2.42. The Morgan fingerprint density at radius 3 is 2.55 bits per heavy atom. The van der Waals surface area contributed by atoms with Crippen molar-refractivity contribution in [3.63, 3.8) is 0 Å². The van der Waals surface area contributed by atoms with Gasteiger partial charge in [0.2, 0.25) is 0 Å². The zero-order chi connectivity index (χ0) is 21.1. The summed E-state index contributed by atoms with van der Waals surface area (Å²) in [5.41, 5.74) is 3.76. The molecule has 4 heteroatoms. The molecule has 2 aliphatic carbocycles. The van der Waals surface area contributed by atoms with Crippen LogP contribution in [0.3, 0.4) is 0 Å². The number of ketones is 1. The second kappa shape index (κ2) is 9.28. The topological polar surface area (TPSA) is 35.5 Å². The Morgan fingerprint density at radius 2 is 1.86 bits per heavy atom. The van der Waals surface area contributed by atoms with Crippen molar-refractivity contribution in [2.24, 2.45) is 11.8 Å². The molecule has 29 heavy (non-hydrogen) atoms. The largest absolute Gasteiger partial charge is 0.417 e. The van der Waals surface area contributed by atoms with E-state index in [9.17, 15) is 4.79 Å². The number of fused-ring (bicyclic) bond motifs is 1. The fraction of sp³-hybridized carbons (Fsp3) is 0.640. The third kappa shape index (κ3) is 5.47. The predicted molar refractivity (Wildman–Crippen MR) is 121 cm³/mol. The lowest BCUT2D eigenvalue weighted by Gasteiger charge is -2.36. The second-order valence-corrected chi connectivity index (χ2v) is 15.1. The van der Waals surface area contributed by atoms with E-state index in [1.54, 1.807) is 0 Å². The molecule has 3 nitrogen and oxygen atoms in total. The molecule has 2 atom stereocenters. The van der Waals surface area contributed by atoms with E-state index in [2.05, 4.69) is 46.0 Å². The van der Waals surface area contributed by atoms with Crippen LogP contribution in [0.1, 0.15) is 58.4 Å². The lowest BCUT2D eigenvalue weighted by Crippen LogP contribution is -2.40. The van der Waals surface area contributed by atoms with Gasteiger partial charge < -0.3 is 9.16 Å². The summed E-state index contributed by atoms with van der Waals surface area (Å²) in [5.74, 6) is 1.16. The zero-order valence-corrected chi connectivity index (χ0v) is 19.9. The standard InChI is InChI=1S/C25H38O3Si/c1-25(2,3)29(4,5)28-15-9-12-20-13-14-22-21(16-23(26)24(20)22)18-27-17-19-10-7-6-8-11-19/h6-8,10-11,21-22H,9,12-18H2,1-5H3/t21-,22+/m0/s1.